The largest absolute Gasteiger partial charge is 0.324 e. The van der Waals surface area contributed by atoms with Gasteiger partial charge in [0.25, 0.3) is 0 Å². The van der Waals surface area contributed by atoms with Crippen molar-refractivity contribution in [1.29, 1.82) is 0 Å². The second-order valence-electron chi connectivity index (χ2n) is 8.75. The molecule has 0 spiro atoms. The van der Waals surface area contributed by atoms with E-state index in [0.29, 0.717) is 5.92 Å². The van der Waals surface area contributed by atoms with Crippen molar-refractivity contribution in [2.75, 3.05) is 14.1 Å². The van der Waals surface area contributed by atoms with Crippen molar-refractivity contribution in [2.24, 2.45) is 5.92 Å². The van der Waals surface area contributed by atoms with E-state index in [4.69, 9.17) is 23.2 Å². The van der Waals surface area contributed by atoms with Crippen LogP contribution in [0.25, 0.3) is 0 Å². The van der Waals surface area contributed by atoms with Crippen LogP contribution in [0.3, 0.4) is 0 Å². The van der Waals surface area contributed by atoms with E-state index >= 15 is 0 Å². The highest BCUT2D eigenvalue weighted by atomic mass is 35.5. The molecule has 2 bridgehead atoms. The molecule has 4 rings (SSSR count). The molecule has 2 heterocycles. The highest BCUT2D eigenvalue weighted by molar-refractivity contribution is 6.31. The van der Waals surface area contributed by atoms with Crippen molar-refractivity contribution in [3.63, 3.8) is 0 Å². The molecule has 2 atom stereocenters. The Balaban J connectivity index is 1.62. The summed E-state index contributed by atoms with van der Waals surface area (Å²) in [6, 6.07) is 18.4. The van der Waals surface area contributed by atoms with Crippen molar-refractivity contribution in [2.45, 2.75) is 50.1 Å². The molecule has 2 aromatic carbocycles. The predicted molar refractivity (Wildman–Crippen MR) is 111 cm³/mol. The van der Waals surface area contributed by atoms with Gasteiger partial charge >= 0.3 is 0 Å². The average molecular weight is 389 g/mol. The molecule has 1 nitrogen and oxygen atoms in total. The van der Waals surface area contributed by atoms with Crippen LogP contribution in [-0.2, 0) is 0 Å². The van der Waals surface area contributed by atoms with Crippen molar-refractivity contribution in [1.82, 2.24) is 0 Å². The lowest BCUT2D eigenvalue weighted by molar-refractivity contribution is -0.931. The van der Waals surface area contributed by atoms with E-state index < -0.39 is 0 Å². The predicted octanol–water partition coefficient (Wildman–Crippen LogP) is 6.53. The summed E-state index contributed by atoms with van der Waals surface area (Å²) in [5, 5.41) is 1.63. The summed E-state index contributed by atoms with van der Waals surface area (Å²) in [7, 11) is 4.87. The third-order valence-corrected chi connectivity index (χ3v) is 7.47. The van der Waals surface area contributed by atoms with E-state index in [1.54, 1.807) is 0 Å². The number of benzene rings is 2. The minimum atomic E-state index is 0.366. The topological polar surface area (TPSA) is 0 Å². The van der Waals surface area contributed by atoms with Crippen LogP contribution >= 0.6 is 23.2 Å². The van der Waals surface area contributed by atoms with Crippen molar-refractivity contribution in [3.8, 4) is 0 Å². The van der Waals surface area contributed by atoms with Gasteiger partial charge in [-0.2, -0.15) is 0 Å². The van der Waals surface area contributed by atoms with Crippen LogP contribution in [-0.4, -0.2) is 30.7 Å². The molecule has 0 aliphatic carbocycles. The van der Waals surface area contributed by atoms with Crippen molar-refractivity contribution in [3.05, 3.63) is 69.7 Å². The van der Waals surface area contributed by atoms with Gasteiger partial charge in [-0.3, -0.25) is 0 Å². The first-order valence-corrected chi connectivity index (χ1v) is 10.5. The highest BCUT2D eigenvalue weighted by Crippen LogP contribution is 2.46. The highest BCUT2D eigenvalue weighted by Gasteiger charge is 2.48. The first-order valence-electron chi connectivity index (χ1n) is 9.77. The van der Waals surface area contributed by atoms with E-state index in [2.05, 4.69) is 50.5 Å². The van der Waals surface area contributed by atoms with Gasteiger partial charge in [0.05, 0.1) is 26.2 Å². The van der Waals surface area contributed by atoms with Gasteiger partial charge in [0, 0.05) is 41.6 Å². The summed E-state index contributed by atoms with van der Waals surface area (Å²) in [5.74, 6) is 1.15. The molecule has 2 aromatic rings. The van der Waals surface area contributed by atoms with Crippen molar-refractivity contribution >= 4 is 23.2 Å². The summed E-state index contributed by atoms with van der Waals surface area (Å²) in [6.45, 7) is 0. The maximum absolute atomic E-state index is 6.32. The standard InChI is InChI=1S/C23H28Cl2N/c1-26(2)21-9-10-22(26)12-16(11-21)13-23(17-5-3-7-19(24)14-17)18-6-4-8-20(25)15-18/h3-8,14-16,21-23H,9-13H2,1-2H3/q+1/t21-,22-/m0/s1. The van der Waals surface area contributed by atoms with Crippen LogP contribution < -0.4 is 0 Å². The number of piperidine rings is 1. The Labute approximate surface area is 167 Å². The Morgan fingerprint density at radius 1 is 0.885 bits per heavy atom. The molecule has 0 saturated carbocycles. The molecule has 0 aromatic heterocycles. The zero-order chi connectivity index (χ0) is 18.3. The van der Waals surface area contributed by atoms with E-state index in [9.17, 15) is 0 Å². The number of nitrogens with zero attached hydrogens (tertiary/aromatic N) is 1. The fraction of sp³-hybridized carbons (Fsp3) is 0.478. The molecular weight excluding hydrogens is 361 g/mol. The minimum absolute atomic E-state index is 0.366. The Kier molecular flexibility index (Phi) is 5.07. The number of hydrogen-bond donors (Lipinski definition) is 0. The molecule has 0 unspecified atom stereocenters. The Bertz CT molecular complexity index is 724. The van der Waals surface area contributed by atoms with Gasteiger partial charge in [-0.25, -0.2) is 0 Å². The fourth-order valence-electron chi connectivity index (χ4n) is 5.43. The smallest absolute Gasteiger partial charge is 0.0893 e. The minimum Gasteiger partial charge on any atom is -0.324 e. The average Bonchev–Trinajstić information content (AvgIpc) is 2.77. The maximum Gasteiger partial charge on any atom is 0.0893 e. The lowest BCUT2D eigenvalue weighted by Crippen LogP contribution is -2.54. The van der Waals surface area contributed by atoms with Gasteiger partial charge in [-0.1, -0.05) is 47.5 Å². The lowest BCUT2D eigenvalue weighted by Gasteiger charge is -2.45. The number of rotatable bonds is 4. The third-order valence-electron chi connectivity index (χ3n) is 7.00. The molecule has 2 aliphatic heterocycles. The first kappa shape index (κ1) is 18.3. The second-order valence-corrected chi connectivity index (χ2v) is 9.62. The molecule has 2 saturated heterocycles. The van der Waals surface area contributed by atoms with Gasteiger partial charge in [0.15, 0.2) is 0 Å². The third kappa shape index (κ3) is 3.54. The molecule has 2 aliphatic rings. The number of halogens is 2. The van der Waals surface area contributed by atoms with Gasteiger partial charge < -0.3 is 4.48 Å². The lowest BCUT2D eigenvalue weighted by atomic mass is 9.78. The van der Waals surface area contributed by atoms with E-state index in [1.807, 2.05) is 12.1 Å². The molecule has 0 N–H and O–H groups in total. The molecule has 2 fully saturated rings. The molecule has 0 amide bonds. The number of hydrogen-bond acceptors (Lipinski definition) is 0. The van der Waals surface area contributed by atoms with Crippen LogP contribution in [0.5, 0.6) is 0 Å². The normalized spacial score (nSPS) is 27.0. The van der Waals surface area contributed by atoms with Crippen LogP contribution in [0.15, 0.2) is 48.5 Å². The molecule has 0 radical (unpaired) electrons. The monoisotopic (exact) mass is 388 g/mol. The second kappa shape index (κ2) is 7.19. The quantitative estimate of drug-likeness (QED) is 0.522. The maximum atomic E-state index is 6.32. The van der Waals surface area contributed by atoms with Crippen LogP contribution in [0.1, 0.15) is 49.1 Å². The van der Waals surface area contributed by atoms with Gasteiger partial charge in [0.2, 0.25) is 0 Å². The summed E-state index contributed by atoms with van der Waals surface area (Å²) in [6.07, 6.45) is 6.68. The molecule has 138 valence electrons. The zero-order valence-corrected chi connectivity index (χ0v) is 17.2. The Morgan fingerprint density at radius 3 is 1.85 bits per heavy atom. The zero-order valence-electron chi connectivity index (χ0n) is 15.7. The molecular formula is C23H28Cl2N+. The van der Waals surface area contributed by atoms with Crippen LogP contribution in [0.2, 0.25) is 10.0 Å². The summed E-state index contributed by atoms with van der Waals surface area (Å²) in [4.78, 5) is 0. The first-order chi connectivity index (χ1) is 12.4. The van der Waals surface area contributed by atoms with Crippen molar-refractivity contribution < 1.29 is 4.48 Å². The fourth-order valence-corrected chi connectivity index (χ4v) is 5.83. The summed E-state index contributed by atoms with van der Waals surface area (Å²) < 4.78 is 1.23. The number of fused-ring (bicyclic) bond motifs is 2. The number of quaternary nitrogens is 1. The van der Waals surface area contributed by atoms with Gasteiger partial charge in [-0.05, 0) is 47.7 Å². The SMILES string of the molecule is C[N+]1(C)[C@H]2CC[C@H]1CC(CC(c1cccc(Cl)c1)c1cccc(Cl)c1)C2. The van der Waals surface area contributed by atoms with E-state index in [0.717, 1.165) is 28.0 Å². The van der Waals surface area contributed by atoms with E-state index in [1.165, 1.54) is 47.7 Å². The summed E-state index contributed by atoms with van der Waals surface area (Å²) in [5.41, 5.74) is 2.62. The van der Waals surface area contributed by atoms with Crippen LogP contribution in [0, 0.1) is 5.92 Å². The molecule has 3 heteroatoms. The Hall–Kier alpha value is -1.02. The Morgan fingerprint density at radius 2 is 1.38 bits per heavy atom. The van der Waals surface area contributed by atoms with Gasteiger partial charge in [0.1, 0.15) is 0 Å². The van der Waals surface area contributed by atoms with Gasteiger partial charge in [-0.15, -0.1) is 0 Å². The van der Waals surface area contributed by atoms with Crippen LogP contribution in [0.4, 0.5) is 0 Å². The summed E-state index contributed by atoms with van der Waals surface area (Å²) >= 11 is 12.6. The molecule has 26 heavy (non-hydrogen) atoms. The van der Waals surface area contributed by atoms with E-state index in [-0.39, 0.29) is 0 Å².